The summed E-state index contributed by atoms with van der Waals surface area (Å²) in [5, 5.41) is 6.57. The second kappa shape index (κ2) is 6.75. The maximum absolute atomic E-state index is 11.8. The van der Waals surface area contributed by atoms with Crippen LogP contribution in [0.4, 0.5) is 5.88 Å². The Bertz CT molecular complexity index is 564. The highest BCUT2D eigenvalue weighted by Crippen LogP contribution is 2.19. The summed E-state index contributed by atoms with van der Waals surface area (Å²) in [5.74, 6) is 1.05. The molecule has 0 aliphatic heterocycles. The molecule has 0 bridgehead atoms. The number of amides is 1. The van der Waals surface area contributed by atoms with E-state index >= 15 is 0 Å². The largest absolute Gasteiger partial charge is 0.493 e. The van der Waals surface area contributed by atoms with E-state index in [0.717, 1.165) is 23.4 Å². The monoisotopic (exact) mass is 274 g/mol. The van der Waals surface area contributed by atoms with E-state index in [-0.39, 0.29) is 12.3 Å². The van der Waals surface area contributed by atoms with Gasteiger partial charge >= 0.3 is 0 Å². The van der Waals surface area contributed by atoms with Crippen LogP contribution in [0.25, 0.3) is 0 Å². The molecule has 0 saturated carbocycles. The lowest BCUT2D eigenvalue weighted by atomic mass is 10.2. The number of carbonyl (C=O) groups excluding carboxylic acids is 1. The van der Waals surface area contributed by atoms with Crippen LogP contribution in [0, 0.1) is 6.92 Å². The van der Waals surface area contributed by atoms with Crippen molar-refractivity contribution in [3.63, 3.8) is 0 Å². The number of benzene rings is 1. The third kappa shape index (κ3) is 3.60. The van der Waals surface area contributed by atoms with Crippen molar-refractivity contribution in [1.29, 1.82) is 0 Å². The molecular formula is C15H18N2O3. The summed E-state index contributed by atoms with van der Waals surface area (Å²) < 4.78 is 10.6. The predicted molar refractivity (Wildman–Crippen MR) is 75.8 cm³/mol. The molecule has 0 aliphatic rings. The van der Waals surface area contributed by atoms with Gasteiger partial charge in [-0.1, -0.05) is 30.3 Å². The highest BCUT2D eigenvalue weighted by atomic mass is 16.5. The lowest BCUT2D eigenvalue weighted by Crippen LogP contribution is -2.15. The van der Waals surface area contributed by atoms with Gasteiger partial charge in [-0.25, -0.2) is 0 Å². The number of ether oxygens (including phenoxy) is 1. The fourth-order valence-electron chi connectivity index (χ4n) is 1.87. The third-order valence-corrected chi connectivity index (χ3v) is 2.93. The third-order valence-electron chi connectivity index (χ3n) is 2.93. The normalized spacial score (nSPS) is 10.3. The Morgan fingerprint density at radius 3 is 2.80 bits per heavy atom. The first-order valence-electron chi connectivity index (χ1n) is 6.63. The first kappa shape index (κ1) is 14.1. The number of hydrogen-bond donors (Lipinski definition) is 1. The number of carbonyl (C=O) groups is 1. The van der Waals surface area contributed by atoms with Crippen LogP contribution in [-0.2, 0) is 11.2 Å². The van der Waals surface area contributed by atoms with Gasteiger partial charge in [-0.2, -0.15) is 0 Å². The minimum absolute atomic E-state index is 0.146. The maximum Gasteiger partial charge on any atom is 0.234 e. The van der Waals surface area contributed by atoms with E-state index < -0.39 is 0 Å². The summed E-state index contributed by atoms with van der Waals surface area (Å²) in [6.45, 7) is 4.18. The van der Waals surface area contributed by atoms with E-state index in [9.17, 15) is 4.79 Å². The molecule has 1 N–H and O–H groups in total. The lowest BCUT2D eigenvalue weighted by molar-refractivity contribution is -0.116. The van der Waals surface area contributed by atoms with Gasteiger partial charge in [0.1, 0.15) is 5.75 Å². The Labute approximate surface area is 117 Å². The van der Waals surface area contributed by atoms with Gasteiger partial charge in [0.25, 0.3) is 0 Å². The van der Waals surface area contributed by atoms with E-state index in [2.05, 4.69) is 10.5 Å². The summed E-state index contributed by atoms with van der Waals surface area (Å²) >= 11 is 0. The summed E-state index contributed by atoms with van der Waals surface area (Å²) in [4.78, 5) is 11.8. The average Bonchev–Trinajstić information content (AvgIpc) is 2.80. The van der Waals surface area contributed by atoms with Gasteiger partial charge in [-0.05, 0) is 25.5 Å². The zero-order valence-electron chi connectivity index (χ0n) is 11.7. The number of para-hydroxylation sites is 1. The molecule has 2 rings (SSSR count). The first-order valence-corrected chi connectivity index (χ1v) is 6.63. The number of nitrogens with one attached hydrogen (secondary N) is 1. The predicted octanol–water partition coefficient (Wildman–Crippen LogP) is 2.95. The molecule has 1 aromatic carbocycles. The number of nitrogens with zero attached hydrogens (tertiary/aromatic N) is 1. The second-order valence-electron chi connectivity index (χ2n) is 4.39. The van der Waals surface area contributed by atoms with Crippen molar-refractivity contribution < 1.29 is 14.1 Å². The fraction of sp³-hybridized carbons (Fsp3) is 0.333. The minimum Gasteiger partial charge on any atom is -0.493 e. The van der Waals surface area contributed by atoms with Crippen LogP contribution >= 0.6 is 0 Å². The molecule has 2 aromatic rings. The van der Waals surface area contributed by atoms with Crippen LogP contribution in [0.5, 0.6) is 5.75 Å². The molecule has 0 unspecified atom stereocenters. The molecule has 0 saturated heterocycles. The molecule has 5 heteroatoms. The van der Waals surface area contributed by atoms with Crippen molar-refractivity contribution in [3.05, 3.63) is 41.6 Å². The fourth-order valence-corrected chi connectivity index (χ4v) is 1.87. The summed E-state index contributed by atoms with van der Waals surface area (Å²) in [6.07, 6.45) is 1.03. The van der Waals surface area contributed by atoms with E-state index in [4.69, 9.17) is 9.26 Å². The Hall–Kier alpha value is -2.30. The molecule has 0 fully saturated rings. The van der Waals surface area contributed by atoms with Gasteiger partial charge in [0.05, 0.1) is 18.7 Å². The smallest absolute Gasteiger partial charge is 0.234 e. The minimum atomic E-state index is -0.146. The molecule has 0 radical (unpaired) electrons. The standard InChI is InChI=1S/C15H18N2O3/c1-3-13-11(2)17-20-15(13)16-14(18)9-10-19-12-7-5-4-6-8-12/h4-8H,3,9-10H2,1-2H3,(H,16,18). The van der Waals surface area contributed by atoms with Crippen LogP contribution in [0.2, 0.25) is 0 Å². The molecule has 1 aromatic heterocycles. The van der Waals surface area contributed by atoms with Gasteiger partial charge < -0.3 is 9.26 Å². The lowest BCUT2D eigenvalue weighted by Gasteiger charge is -2.06. The first-order chi connectivity index (χ1) is 9.70. The molecule has 0 atom stereocenters. The number of hydrogen-bond acceptors (Lipinski definition) is 4. The van der Waals surface area contributed by atoms with Crippen molar-refractivity contribution in [1.82, 2.24) is 5.16 Å². The summed E-state index contributed by atoms with van der Waals surface area (Å²) in [7, 11) is 0. The number of anilines is 1. The zero-order chi connectivity index (χ0) is 14.4. The maximum atomic E-state index is 11.8. The van der Waals surface area contributed by atoms with E-state index in [1.165, 1.54) is 0 Å². The van der Waals surface area contributed by atoms with Crippen molar-refractivity contribution in [2.45, 2.75) is 26.7 Å². The average molecular weight is 274 g/mol. The molecule has 5 nitrogen and oxygen atoms in total. The van der Waals surface area contributed by atoms with Gasteiger partial charge in [-0.3, -0.25) is 10.1 Å². The van der Waals surface area contributed by atoms with Gasteiger partial charge in [0.15, 0.2) is 0 Å². The molecule has 0 aliphatic carbocycles. The van der Waals surface area contributed by atoms with Crippen molar-refractivity contribution in [2.75, 3.05) is 11.9 Å². The Morgan fingerprint density at radius 1 is 1.35 bits per heavy atom. The van der Waals surface area contributed by atoms with E-state index in [1.54, 1.807) is 0 Å². The summed E-state index contributed by atoms with van der Waals surface area (Å²) in [5.41, 5.74) is 1.74. The molecule has 0 spiro atoms. The Kier molecular flexibility index (Phi) is 4.76. The van der Waals surface area contributed by atoms with Gasteiger partial charge in [0.2, 0.25) is 11.8 Å². The van der Waals surface area contributed by atoms with E-state index in [0.29, 0.717) is 12.5 Å². The van der Waals surface area contributed by atoms with Crippen molar-refractivity contribution in [3.8, 4) is 5.75 Å². The quantitative estimate of drug-likeness (QED) is 0.879. The van der Waals surface area contributed by atoms with E-state index in [1.807, 2.05) is 44.2 Å². The topological polar surface area (TPSA) is 64.4 Å². The zero-order valence-corrected chi connectivity index (χ0v) is 11.7. The van der Waals surface area contributed by atoms with Crippen LogP contribution in [0.15, 0.2) is 34.9 Å². The van der Waals surface area contributed by atoms with Crippen LogP contribution in [-0.4, -0.2) is 17.7 Å². The van der Waals surface area contributed by atoms with Crippen LogP contribution in [0.3, 0.4) is 0 Å². The molecule has 1 heterocycles. The molecular weight excluding hydrogens is 256 g/mol. The SMILES string of the molecule is CCc1c(C)noc1NC(=O)CCOc1ccccc1. The molecule has 106 valence electrons. The summed E-state index contributed by atoms with van der Waals surface area (Å²) in [6, 6.07) is 9.40. The number of aromatic nitrogens is 1. The number of rotatable bonds is 6. The van der Waals surface area contributed by atoms with Crippen LogP contribution < -0.4 is 10.1 Å². The Balaban J connectivity index is 1.81. The van der Waals surface area contributed by atoms with Gasteiger partial charge in [0, 0.05) is 5.56 Å². The van der Waals surface area contributed by atoms with Crippen LogP contribution in [0.1, 0.15) is 24.6 Å². The number of aryl methyl sites for hydroxylation is 1. The second-order valence-corrected chi connectivity index (χ2v) is 4.39. The van der Waals surface area contributed by atoms with Gasteiger partial charge in [-0.15, -0.1) is 0 Å². The van der Waals surface area contributed by atoms with Crippen molar-refractivity contribution >= 4 is 11.8 Å². The van der Waals surface area contributed by atoms with Crippen molar-refractivity contribution in [2.24, 2.45) is 0 Å². The Morgan fingerprint density at radius 2 is 2.10 bits per heavy atom. The molecule has 1 amide bonds. The highest BCUT2D eigenvalue weighted by Gasteiger charge is 2.13. The molecule has 20 heavy (non-hydrogen) atoms. The highest BCUT2D eigenvalue weighted by molar-refractivity contribution is 5.90.